The SMILES string of the molecule is [2H]C1([2H])COCC(C)N1c1ccccn1. The van der Waals surface area contributed by atoms with Crippen molar-refractivity contribution in [1.29, 1.82) is 0 Å². The van der Waals surface area contributed by atoms with Gasteiger partial charge >= 0.3 is 0 Å². The van der Waals surface area contributed by atoms with E-state index in [1.165, 1.54) is 0 Å². The fourth-order valence-electron chi connectivity index (χ4n) is 1.38. The maximum Gasteiger partial charge on any atom is 0.128 e. The van der Waals surface area contributed by atoms with Crippen molar-refractivity contribution in [3.63, 3.8) is 0 Å². The summed E-state index contributed by atoms with van der Waals surface area (Å²) < 4.78 is 21.0. The first-order valence-electron chi connectivity index (χ1n) is 5.39. The zero-order chi connectivity index (χ0) is 10.9. The van der Waals surface area contributed by atoms with Gasteiger partial charge in [-0.3, -0.25) is 0 Å². The summed E-state index contributed by atoms with van der Waals surface area (Å²) in [6.07, 6.45) is 1.67. The van der Waals surface area contributed by atoms with Crippen molar-refractivity contribution in [3.8, 4) is 0 Å². The molecule has 2 heterocycles. The molecule has 1 aliphatic rings. The van der Waals surface area contributed by atoms with Crippen molar-refractivity contribution >= 4 is 5.82 Å². The van der Waals surface area contributed by atoms with E-state index in [2.05, 4.69) is 4.98 Å². The van der Waals surface area contributed by atoms with Crippen LogP contribution in [0.25, 0.3) is 0 Å². The molecule has 0 N–H and O–H groups in total. The van der Waals surface area contributed by atoms with Crippen LogP contribution in [0.15, 0.2) is 24.4 Å². The van der Waals surface area contributed by atoms with Crippen LogP contribution >= 0.6 is 0 Å². The fraction of sp³-hybridized carbons (Fsp3) is 0.500. The molecule has 3 nitrogen and oxygen atoms in total. The van der Waals surface area contributed by atoms with Crippen LogP contribution in [0.4, 0.5) is 5.82 Å². The van der Waals surface area contributed by atoms with E-state index in [9.17, 15) is 0 Å². The van der Waals surface area contributed by atoms with Crippen LogP contribution in [-0.4, -0.2) is 30.7 Å². The van der Waals surface area contributed by atoms with Crippen molar-refractivity contribution in [2.75, 3.05) is 24.6 Å². The van der Waals surface area contributed by atoms with E-state index in [0.29, 0.717) is 12.4 Å². The topological polar surface area (TPSA) is 25.4 Å². The van der Waals surface area contributed by atoms with Crippen LogP contribution < -0.4 is 4.90 Å². The number of hydrogen-bond donors (Lipinski definition) is 0. The van der Waals surface area contributed by atoms with Crippen LogP contribution in [0.2, 0.25) is 0 Å². The summed E-state index contributed by atoms with van der Waals surface area (Å²) in [5.41, 5.74) is 0. The number of hydrogen-bond acceptors (Lipinski definition) is 3. The molecule has 1 aromatic heterocycles. The molecule has 1 atom stereocenters. The maximum absolute atomic E-state index is 7.88. The average Bonchev–Trinajstić information content (AvgIpc) is 2.17. The standard InChI is InChI=1S/C10H14N2O/c1-9-8-13-7-6-12(9)10-4-2-3-5-11-10/h2-5,9H,6-8H2,1H3/i6D2. The van der Waals surface area contributed by atoms with E-state index in [1.807, 2.05) is 25.1 Å². The number of morpholine rings is 1. The molecule has 13 heavy (non-hydrogen) atoms. The van der Waals surface area contributed by atoms with Crippen molar-refractivity contribution in [2.24, 2.45) is 0 Å². The molecule has 0 bridgehead atoms. The Bertz CT molecular complexity index is 331. The number of nitrogens with zero attached hydrogens (tertiary/aromatic N) is 2. The lowest BCUT2D eigenvalue weighted by Crippen LogP contribution is -2.44. The summed E-state index contributed by atoms with van der Waals surface area (Å²) in [6.45, 7) is 1.09. The van der Waals surface area contributed by atoms with E-state index >= 15 is 0 Å². The molecule has 3 heteroatoms. The van der Waals surface area contributed by atoms with Crippen LogP contribution in [0.3, 0.4) is 0 Å². The summed E-state index contributed by atoms with van der Waals surface area (Å²) >= 11 is 0. The molecule has 0 amide bonds. The summed E-state index contributed by atoms with van der Waals surface area (Å²) in [5, 5.41) is 0. The third-order valence-electron chi connectivity index (χ3n) is 2.03. The lowest BCUT2D eigenvalue weighted by atomic mass is 10.2. The van der Waals surface area contributed by atoms with Gasteiger partial charge in [0.25, 0.3) is 0 Å². The smallest absolute Gasteiger partial charge is 0.128 e. The number of rotatable bonds is 1. The van der Waals surface area contributed by atoms with Gasteiger partial charge < -0.3 is 9.64 Å². The first kappa shape index (κ1) is 6.38. The van der Waals surface area contributed by atoms with Gasteiger partial charge in [-0.05, 0) is 19.1 Å². The minimum Gasteiger partial charge on any atom is -0.377 e. The summed E-state index contributed by atoms with van der Waals surface area (Å²) in [6, 6.07) is 5.51. The number of aromatic nitrogens is 1. The van der Waals surface area contributed by atoms with Crippen molar-refractivity contribution in [2.45, 2.75) is 13.0 Å². The Morgan fingerprint density at radius 2 is 2.62 bits per heavy atom. The van der Waals surface area contributed by atoms with E-state index in [4.69, 9.17) is 7.48 Å². The van der Waals surface area contributed by atoms with E-state index < -0.39 is 6.50 Å². The van der Waals surface area contributed by atoms with Gasteiger partial charge in [-0.25, -0.2) is 4.98 Å². The van der Waals surface area contributed by atoms with Crippen LogP contribution in [0.5, 0.6) is 0 Å². The summed E-state index contributed by atoms with van der Waals surface area (Å²) in [7, 11) is 0. The minimum absolute atomic E-state index is 0.00338. The molecule has 1 aliphatic heterocycles. The quantitative estimate of drug-likeness (QED) is 0.651. The van der Waals surface area contributed by atoms with Gasteiger partial charge in [0.05, 0.1) is 22.0 Å². The molecule has 0 aromatic carbocycles. The fourth-order valence-corrected chi connectivity index (χ4v) is 1.38. The molecule has 2 rings (SSSR count). The molecule has 0 saturated carbocycles. The molecule has 70 valence electrons. The van der Waals surface area contributed by atoms with E-state index in [0.717, 1.165) is 0 Å². The van der Waals surface area contributed by atoms with Gasteiger partial charge in [-0.15, -0.1) is 0 Å². The zero-order valence-corrected chi connectivity index (χ0v) is 7.60. The van der Waals surface area contributed by atoms with Crippen LogP contribution in [0, 0.1) is 0 Å². The van der Waals surface area contributed by atoms with Gasteiger partial charge in [0.2, 0.25) is 0 Å². The highest BCUT2D eigenvalue weighted by molar-refractivity contribution is 5.39. The van der Waals surface area contributed by atoms with E-state index in [1.54, 1.807) is 11.1 Å². The third-order valence-corrected chi connectivity index (χ3v) is 2.03. The lowest BCUT2D eigenvalue weighted by Gasteiger charge is -2.34. The average molecular weight is 180 g/mol. The maximum atomic E-state index is 7.88. The lowest BCUT2D eigenvalue weighted by molar-refractivity contribution is 0.0985. The summed E-state index contributed by atoms with van der Waals surface area (Å²) in [5.74, 6) is 0.665. The van der Waals surface area contributed by atoms with Crippen molar-refractivity contribution in [3.05, 3.63) is 24.4 Å². The molecular formula is C10H14N2O. The van der Waals surface area contributed by atoms with Crippen molar-refractivity contribution in [1.82, 2.24) is 4.98 Å². The zero-order valence-electron chi connectivity index (χ0n) is 9.60. The Balaban J connectivity index is 2.32. The molecule has 1 fully saturated rings. The van der Waals surface area contributed by atoms with Gasteiger partial charge in [-0.2, -0.15) is 0 Å². The van der Waals surface area contributed by atoms with Gasteiger partial charge in [0.15, 0.2) is 0 Å². The van der Waals surface area contributed by atoms with Crippen LogP contribution in [0.1, 0.15) is 9.67 Å². The normalized spacial score (nSPS) is 29.3. The predicted octanol–water partition coefficient (Wildman–Crippen LogP) is 1.31. The first-order chi connectivity index (χ1) is 7.11. The summed E-state index contributed by atoms with van der Waals surface area (Å²) in [4.78, 5) is 5.86. The van der Waals surface area contributed by atoms with Crippen molar-refractivity contribution < 1.29 is 7.48 Å². The largest absolute Gasteiger partial charge is 0.377 e. The predicted molar refractivity (Wildman–Crippen MR) is 51.9 cm³/mol. The highest BCUT2D eigenvalue weighted by Gasteiger charge is 2.19. The molecule has 0 radical (unpaired) electrons. The number of pyridine rings is 1. The minimum atomic E-state index is -1.48. The molecule has 1 saturated heterocycles. The molecule has 1 aromatic rings. The molecular weight excluding hydrogens is 164 g/mol. The highest BCUT2D eigenvalue weighted by Crippen LogP contribution is 2.15. The Hall–Kier alpha value is -1.09. The third kappa shape index (κ3) is 1.80. The van der Waals surface area contributed by atoms with Gasteiger partial charge in [0, 0.05) is 12.7 Å². The van der Waals surface area contributed by atoms with Gasteiger partial charge in [-0.1, -0.05) is 6.07 Å². The number of ether oxygens (including phenoxy) is 1. The molecule has 1 unspecified atom stereocenters. The highest BCUT2D eigenvalue weighted by atomic mass is 16.5. The Morgan fingerprint density at radius 1 is 1.69 bits per heavy atom. The second-order valence-electron chi connectivity index (χ2n) is 3.08. The Morgan fingerprint density at radius 3 is 3.31 bits per heavy atom. The van der Waals surface area contributed by atoms with E-state index in [-0.39, 0.29) is 12.6 Å². The monoisotopic (exact) mass is 180 g/mol. The molecule has 0 aliphatic carbocycles. The second kappa shape index (κ2) is 3.75. The van der Waals surface area contributed by atoms with Crippen LogP contribution in [-0.2, 0) is 4.74 Å². The Kier molecular flexibility index (Phi) is 1.84. The molecule has 0 spiro atoms. The number of anilines is 1. The first-order valence-corrected chi connectivity index (χ1v) is 4.39. The Labute approximate surface area is 81.2 Å². The van der Waals surface area contributed by atoms with Gasteiger partial charge in [0.1, 0.15) is 5.82 Å². The second-order valence-corrected chi connectivity index (χ2v) is 3.08.